The lowest BCUT2D eigenvalue weighted by atomic mass is 10.2. The van der Waals surface area contributed by atoms with Gasteiger partial charge in [0.25, 0.3) is 10.1 Å². The van der Waals surface area contributed by atoms with Crippen molar-refractivity contribution < 1.29 is 26.9 Å². The molecule has 0 heterocycles. The average Bonchev–Trinajstić information content (AvgIpc) is 2.49. The van der Waals surface area contributed by atoms with Crippen molar-refractivity contribution in [2.75, 3.05) is 12.9 Å². The van der Waals surface area contributed by atoms with Crippen LogP contribution in [0.15, 0.2) is 0 Å². The molecule has 0 spiro atoms. The van der Waals surface area contributed by atoms with Crippen LogP contribution in [0.1, 0.15) is 6.42 Å². The molecule has 1 rings (SSSR count). The van der Waals surface area contributed by atoms with Gasteiger partial charge in [-0.3, -0.25) is 4.55 Å². The number of hydrogen-bond donors (Lipinski definition) is 2. The molecule has 1 aliphatic carbocycles. The van der Waals surface area contributed by atoms with Gasteiger partial charge in [-0.15, -0.1) is 0 Å². The smallest absolute Gasteiger partial charge is 0.329 e. The van der Waals surface area contributed by atoms with Crippen LogP contribution in [0.4, 0.5) is 4.39 Å². The lowest BCUT2D eigenvalue weighted by molar-refractivity contribution is -0.144. The van der Waals surface area contributed by atoms with Crippen LogP contribution >= 0.6 is 0 Å². The minimum absolute atomic E-state index is 0.466. The van der Waals surface area contributed by atoms with E-state index < -0.39 is 39.5 Å². The maximum absolute atomic E-state index is 13.5. The quantitative estimate of drug-likeness (QED) is 0.466. The third-order valence-electron chi connectivity index (χ3n) is 2.19. The Balaban J connectivity index is 2.81. The summed E-state index contributed by atoms with van der Waals surface area (Å²) in [5, 5.41) is 0. The molecule has 0 aromatic carbocycles. The molecule has 0 amide bonds. The van der Waals surface area contributed by atoms with E-state index in [-0.39, 0.29) is 0 Å². The molecule has 1 aliphatic rings. The Morgan fingerprint density at radius 2 is 2.21 bits per heavy atom. The van der Waals surface area contributed by atoms with E-state index in [1.165, 1.54) is 0 Å². The van der Waals surface area contributed by atoms with Gasteiger partial charge in [-0.25, -0.2) is 9.18 Å². The first-order valence-corrected chi connectivity index (χ1v) is 5.27. The highest BCUT2D eigenvalue weighted by Gasteiger charge is 2.74. The van der Waals surface area contributed by atoms with E-state index in [1.54, 1.807) is 0 Å². The van der Waals surface area contributed by atoms with Crippen LogP contribution in [0.5, 0.6) is 0 Å². The zero-order valence-corrected chi connectivity index (χ0v) is 8.17. The third kappa shape index (κ3) is 1.72. The molecule has 0 aromatic heterocycles. The molecule has 2 atom stereocenters. The van der Waals surface area contributed by atoms with Gasteiger partial charge in [0.05, 0.1) is 7.11 Å². The maximum Gasteiger partial charge on any atom is 0.329 e. The fourth-order valence-corrected chi connectivity index (χ4v) is 2.24. The SMILES string of the molecule is COC(=O)[C@@]1(N)C[C@@]1(F)CS(=O)(=O)O. The highest BCUT2D eigenvalue weighted by Crippen LogP contribution is 2.50. The van der Waals surface area contributed by atoms with Crippen molar-refractivity contribution in [3.05, 3.63) is 0 Å². The third-order valence-corrected chi connectivity index (χ3v) is 3.02. The fourth-order valence-electron chi connectivity index (χ4n) is 1.30. The number of alkyl halides is 1. The van der Waals surface area contributed by atoms with Gasteiger partial charge in [0.1, 0.15) is 5.75 Å². The van der Waals surface area contributed by atoms with E-state index in [0.717, 1.165) is 7.11 Å². The molecular formula is C6H10FNO5S. The zero-order chi connectivity index (χ0) is 11.2. The molecule has 0 aromatic rings. The second-order valence-electron chi connectivity index (χ2n) is 3.33. The summed E-state index contributed by atoms with van der Waals surface area (Å²) >= 11 is 0. The summed E-state index contributed by atoms with van der Waals surface area (Å²) in [6.07, 6.45) is -0.466. The molecule has 0 radical (unpaired) electrons. The number of ether oxygens (including phenoxy) is 1. The van der Waals surface area contributed by atoms with Crippen LogP contribution in [-0.2, 0) is 19.6 Å². The summed E-state index contributed by atoms with van der Waals surface area (Å²) in [6, 6.07) is 0. The normalized spacial score (nSPS) is 36.6. The van der Waals surface area contributed by atoms with Crippen LogP contribution in [0, 0.1) is 0 Å². The van der Waals surface area contributed by atoms with Gasteiger partial charge < -0.3 is 10.5 Å². The van der Waals surface area contributed by atoms with Crippen molar-refractivity contribution >= 4 is 16.1 Å². The molecule has 0 bridgehead atoms. The largest absolute Gasteiger partial charge is 0.468 e. The lowest BCUT2D eigenvalue weighted by Crippen LogP contribution is -2.44. The van der Waals surface area contributed by atoms with Crippen LogP contribution in [0.3, 0.4) is 0 Å². The molecule has 82 valence electrons. The number of rotatable bonds is 3. The van der Waals surface area contributed by atoms with Crippen molar-refractivity contribution in [2.45, 2.75) is 17.6 Å². The van der Waals surface area contributed by atoms with Gasteiger partial charge >= 0.3 is 5.97 Å². The van der Waals surface area contributed by atoms with Crippen molar-refractivity contribution in [3.8, 4) is 0 Å². The van der Waals surface area contributed by atoms with E-state index in [9.17, 15) is 17.6 Å². The van der Waals surface area contributed by atoms with Gasteiger partial charge in [0.15, 0.2) is 11.2 Å². The Morgan fingerprint density at radius 3 is 2.57 bits per heavy atom. The van der Waals surface area contributed by atoms with E-state index in [1.807, 2.05) is 0 Å². The first-order valence-electron chi connectivity index (χ1n) is 3.66. The number of carbonyl (C=O) groups is 1. The van der Waals surface area contributed by atoms with Gasteiger partial charge in [0, 0.05) is 6.42 Å². The van der Waals surface area contributed by atoms with Crippen LogP contribution in [0.25, 0.3) is 0 Å². The first kappa shape index (κ1) is 11.3. The summed E-state index contributed by atoms with van der Waals surface area (Å²) in [5.74, 6) is -2.21. The minimum atomic E-state index is -4.49. The van der Waals surface area contributed by atoms with Crippen LogP contribution in [-0.4, -0.2) is 43.0 Å². The predicted molar refractivity (Wildman–Crippen MR) is 43.8 cm³/mol. The molecule has 8 heteroatoms. The summed E-state index contributed by atoms with van der Waals surface area (Å²) in [7, 11) is -3.48. The average molecular weight is 227 g/mol. The molecule has 14 heavy (non-hydrogen) atoms. The fraction of sp³-hybridized carbons (Fsp3) is 0.833. The van der Waals surface area contributed by atoms with Crippen LogP contribution < -0.4 is 5.73 Å². The number of hydrogen-bond acceptors (Lipinski definition) is 5. The van der Waals surface area contributed by atoms with Gasteiger partial charge in [-0.1, -0.05) is 0 Å². The maximum atomic E-state index is 13.5. The van der Waals surface area contributed by atoms with E-state index >= 15 is 0 Å². The lowest BCUT2D eigenvalue weighted by Gasteiger charge is -2.11. The minimum Gasteiger partial charge on any atom is -0.468 e. The predicted octanol–water partition coefficient (Wildman–Crippen LogP) is -1.14. The van der Waals surface area contributed by atoms with Crippen molar-refractivity contribution in [3.63, 3.8) is 0 Å². The second-order valence-corrected chi connectivity index (χ2v) is 4.78. The second kappa shape index (κ2) is 2.88. The van der Waals surface area contributed by atoms with E-state index in [2.05, 4.69) is 4.74 Å². The van der Waals surface area contributed by atoms with Gasteiger partial charge in [-0.2, -0.15) is 8.42 Å². The Hall–Kier alpha value is -0.730. The summed E-state index contributed by atoms with van der Waals surface area (Å²) in [5.41, 5.74) is 0.891. The van der Waals surface area contributed by atoms with Crippen molar-refractivity contribution in [2.24, 2.45) is 5.73 Å². The Kier molecular flexibility index (Phi) is 2.33. The summed E-state index contributed by atoms with van der Waals surface area (Å²) in [4.78, 5) is 10.9. The number of carbonyl (C=O) groups excluding carboxylic acids is 1. The van der Waals surface area contributed by atoms with E-state index in [4.69, 9.17) is 10.3 Å². The van der Waals surface area contributed by atoms with Gasteiger partial charge in [0.2, 0.25) is 0 Å². The molecule has 3 N–H and O–H groups in total. The molecule has 1 fully saturated rings. The van der Waals surface area contributed by atoms with Crippen molar-refractivity contribution in [1.82, 2.24) is 0 Å². The molecule has 0 unspecified atom stereocenters. The van der Waals surface area contributed by atoms with E-state index in [0.29, 0.717) is 0 Å². The number of esters is 1. The monoisotopic (exact) mass is 227 g/mol. The number of methoxy groups -OCH3 is 1. The number of halogens is 1. The Labute approximate surface area is 80.0 Å². The van der Waals surface area contributed by atoms with Crippen molar-refractivity contribution in [1.29, 1.82) is 0 Å². The summed E-state index contributed by atoms with van der Waals surface area (Å²) < 4.78 is 46.9. The Morgan fingerprint density at radius 1 is 1.71 bits per heavy atom. The standard InChI is InChI=1S/C6H10FNO5S/c1-13-4(9)6(8)2-5(6,7)3-14(10,11)12/h2-3,8H2,1H3,(H,10,11,12)/t5-,6+/m1/s1. The molecule has 6 nitrogen and oxygen atoms in total. The highest BCUT2D eigenvalue weighted by molar-refractivity contribution is 7.85. The zero-order valence-electron chi connectivity index (χ0n) is 7.36. The topological polar surface area (TPSA) is 107 Å². The molecule has 1 saturated carbocycles. The molecule has 0 aliphatic heterocycles. The summed E-state index contributed by atoms with van der Waals surface area (Å²) in [6.45, 7) is 0. The molecule has 0 saturated heterocycles. The highest BCUT2D eigenvalue weighted by atomic mass is 32.2. The Bertz CT molecular complexity index is 368. The van der Waals surface area contributed by atoms with Crippen LogP contribution in [0.2, 0.25) is 0 Å². The molecular weight excluding hydrogens is 217 g/mol. The number of nitrogens with two attached hydrogens (primary N) is 1. The first-order chi connectivity index (χ1) is 6.15. The van der Waals surface area contributed by atoms with Gasteiger partial charge in [-0.05, 0) is 0 Å².